The Morgan fingerprint density at radius 1 is 1.40 bits per heavy atom. The van der Waals surface area contributed by atoms with E-state index in [0.29, 0.717) is 0 Å². The summed E-state index contributed by atoms with van der Waals surface area (Å²) in [6.45, 7) is 2.97. The van der Waals surface area contributed by atoms with Crippen molar-refractivity contribution in [2.24, 2.45) is 0 Å². The van der Waals surface area contributed by atoms with Crippen molar-refractivity contribution in [1.82, 2.24) is 4.90 Å². The molecule has 0 radical (unpaired) electrons. The number of nitrogens with zero attached hydrogens (tertiary/aromatic N) is 1. The predicted molar refractivity (Wildman–Crippen MR) is 78.5 cm³/mol. The lowest BCUT2D eigenvalue weighted by molar-refractivity contribution is -0.142. The highest BCUT2D eigenvalue weighted by atomic mass is 16.3. The Morgan fingerprint density at radius 2 is 2.20 bits per heavy atom. The lowest BCUT2D eigenvalue weighted by atomic mass is 9.63. The molecule has 3 rings (SSSR count). The van der Waals surface area contributed by atoms with E-state index >= 15 is 0 Å². The Bertz CT molecular complexity index is 507. The van der Waals surface area contributed by atoms with Crippen molar-refractivity contribution in [3.05, 3.63) is 35.4 Å². The molecule has 1 saturated carbocycles. The summed E-state index contributed by atoms with van der Waals surface area (Å²) >= 11 is 0. The van der Waals surface area contributed by atoms with Crippen molar-refractivity contribution >= 4 is 5.91 Å². The molecule has 0 spiro atoms. The molecule has 108 valence electrons. The first kappa shape index (κ1) is 13.6. The van der Waals surface area contributed by atoms with Gasteiger partial charge in [0, 0.05) is 6.54 Å². The summed E-state index contributed by atoms with van der Waals surface area (Å²) in [7, 11) is 0. The van der Waals surface area contributed by atoms with Crippen LogP contribution in [0.25, 0.3) is 0 Å². The maximum atomic E-state index is 13.0. The van der Waals surface area contributed by atoms with Gasteiger partial charge in [0.2, 0.25) is 5.91 Å². The monoisotopic (exact) mass is 273 g/mol. The van der Waals surface area contributed by atoms with E-state index in [1.54, 1.807) is 0 Å². The minimum atomic E-state index is -0.316. The molecule has 1 amide bonds. The molecular weight excluding hydrogens is 250 g/mol. The summed E-state index contributed by atoms with van der Waals surface area (Å²) in [5, 5.41) is 9.46. The predicted octanol–water partition coefficient (Wildman–Crippen LogP) is 2.40. The molecule has 1 heterocycles. The van der Waals surface area contributed by atoms with Crippen molar-refractivity contribution in [2.45, 2.75) is 50.5 Å². The largest absolute Gasteiger partial charge is 0.394 e. The Kier molecular flexibility index (Phi) is 3.55. The molecule has 1 aliphatic carbocycles. The zero-order valence-electron chi connectivity index (χ0n) is 12.1. The van der Waals surface area contributed by atoms with Crippen LogP contribution >= 0.6 is 0 Å². The van der Waals surface area contributed by atoms with Gasteiger partial charge in [0.15, 0.2) is 0 Å². The van der Waals surface area contributed by atoms with E-state index in [9.17, 15) is 9.90 Å². The van der Waals surface area contributed by atoms with Gasteiger partial charge < -0.3 is 10.0 Å². The van der Waals surface area contributed by atoms with Crippen LogP contribution in [0.3, 0.4) is 0 Å². The van der Waals surface area contributed by atoms with Gasteiger partial charge in [-0.05, 0) is 38.2 Å². The van der Waals surface area contributed by atoms with Crippen LogP contribution in [-0.4, -0.2) is 35.1 Å². The second-order valence-corrected chi connectivity index (χ2v) is 6.28. The smallest absolute Gasteiger partial charge is 0.233 e. The fraction of sp³-hybridized carbons (Fsp3) is 0.588. The fourth-order valence-electron chi connectivity index (χ4n) is 3.67. The minimum absolute atomic E-state index is 0.0322. The molecule has 1 aliphatic heterocycles. The van der Waals surface area contributed by atoms with E-state index in [1.807, 2.05) is 11.0 Å². The van der Waals surface area contributed by atoms with E-state index in [0.717, 1.165) is 44.2 Å². The fourth-order valence-corrected chi connectivity index (χ4v) is 3.67. The van der Waals surface area contributed by atoms with Crippen molar-refractivity contribution in [2.75, 3.05) is 13.2 Å². The first-order chi connectivity index (χ1) is 9.67. The molecular formula is C17H23NO2. The number of carbonyl (C=O) groups is 1. The SMILES string of the molecule is Cc1cccc(C2(C(=O)N3CCCC3CO)CCC2)c1. The summed E-state index contributed by atoms with van der Waals surface area (Å²) in [6.07, 6.45) is 4.97. The normalized spacial score (nSPS) is 24.5. The number of aliphatic hydroxyl groups is 1. The topological polar surface area (TPSA) is 40.5 Å². The number of aliphatic hydroxyl groups excluding tert-OH is 1. The highest BCUT2D eigenvalue weighted by Crippen LogP contribution is 2.46. The zero-order chi connectivity index (χ0) is 14.2. The molecule has 20 heavy (non-hydrogen) atoms. The number of carbonyl (C=O) groups excluding carboxylic acids is 1. The Morgan fingerprint density at radius 3 is 2.80 bits per heavy atom. The van der Waals surface area contributed by atoms with Crippen LogP contribution < -0.4 is 0 Å². The van der Waals surface area contributed by atoms with Gasteiger partial charge in [-0.15, -0.1) is 0 Å². The number of rotatable bonds is 3. The van der Waals surface area contributed by atoms with Crippen LogP contribution in [0.2, 0.25) is 0 Å². The molecule has 3 nitrogen and oxygen atoms in total. The third kappa shape index (κ3) is 2.05. The first-order valence-corrected chi connectivity index (χ1v) is 7.66. The van der Waals surface area contributed by atoms with Gasteiger partial charge in [0.1, 0.15) is 0 Å². The van der Waals surface area contributed by atoms with Crippen LogP contribution in [0.5, 0.6) is 0 Å². The van der Waals surface area contributed by atoms with Crippen LogP contribution in [-0.2, 0) is 10.2 Å². The number of aryl methyl sites for hydroxylation is 1. The Hall–Kier alpha value is -1.35. The lowest BCUT2D eigenvalue weighted by Crippen LogP contribution is -2.53. The van der Waals surface area contributed by atoms with E-state index in [2.05, 4.69) is 25.1 Å². The molecule has 0 aromatic heterocycles. The molecule has 1 atom stereocenters. The molecule has 1 N–H and O–H groups in total. The highest BCUT2D eigenvalue weighted by Gasteiger charge is 2.49. The van der Waals surface area contributed by atoms with Crippen LogP contribution in [0, 0.1) is 6.92 Å². The third-order valence-corrected chi connectivity index (χ3v) is 5.04. The van der Waals surface area contributed by atoms with Crippen LogP contribution in [0.1, 0.15) is 43.2 Å². The maximum absolute atomic E-state index is 13.0. The minimum Gasteiger partial charge on any atom is -0.394 e. The Labute approximate surface area is 120 Å². The quantitative estimate of drug-likeness (QED) is 0.918. The lowest BCUT2D eigenvalue weighted by Gasteiger charge is -2.44. The highest BCUT2D eigenvalue weighted by molar-refractivity contribution is 5.89. The number of hydrogen-bond donors (Lipinski definition) is 1. The summed E-state index contributed by atoms with van der Waals surface area (Å²) in [5.74, 6) is 0.242. The van der Waals surface area contributed by atoms with Crippen molar-refractivity contribution in [1.29, 1.82) is 0 Å². The number of amides is 1. The first-order valence-electron chi connectivity index (χ1n) is 7.66. The van der Waals surface area contributed by atoms with Crippen molar-refractivity contribution in [3.63, 3.8) is 0 Å². The van der Waals surface area contributed by atoms with Crippen LogP contribution in [0.4, 0.5) is 0 Å². The standard InChI is InChI=1S/C17H23NO2/c1-13-5-2-6-14(11-13)17(8-4-9-17)16(20)18-10-3-7-15(18)12-19/h2,5-6,11,15,19H,3-4,7-10,12H2,1H3. The molecule has 1 aromatic rings. The van der Waals surface area contributed by atoms with E-state index in [-0.39, 0.29) is 24.0 Å². The average Bonchev–Trinajstić information content (AvgIpc) is 2.85. The molecule has 0 bridgehead atoms. The Balaban J connectivity index is 1.91. The van der Waals surface area contributed by atoms with E-state index in [1.165, 1.54) is 5.56 Å². The van der Waals surface area contributed by atoms with Gasteiger partial charge in [-0.3, -0.25) is 4.79 Å². The second kappa shape index (κ2) is 5.21. The third-order valence-electron chi connectivity index (χ3n) is 5.04. The van der Waals surface area contributed by atoms with Crippen molar-refractivity contribution in [3.8, 4) is 0 Å². The average molecular weight is 273 g/mol. The van der Waals surface area contributed by atoms with Crippen LogP contribution in [0.15, 0.2) is 24.3 Å². The van der Waals surface area contributed by atoms with Gasteiger partial charge in [0.05, 0.1) is 18.1 Å². The van der Waals surface area contributed by atoms with Crippen molar-refractivity contribution < 1.29 is 9.90 Å². The summed E-state index contributed by atoms with van der Waals surface area (Å²) in [6, 6.07) is 8.40. The van der Waals surface area contributed by atoms with Gasteiger partial charge in [-0.25, -0.2) is 0 Å². The van der Waals surface area contributed by atoms with Gasteiger partial charge in [-0.2, -0.15) is 0 Å². The second-order valence-electron chi connectivity index (χ2n) is 6.28. The van der Waals surface area contributed by atoms with E-state index in [4.69, 9.17) is 0 Å². The number of likely N-dealkylation sites (tertiary alicyclic amines) is 1. The van der Waals surface area contributed by atoms with E-state index < -0.39 is 0 Å². The van der Waals surface area contributed by atoms with Gasteiger partial charge in [-0.1, -0.05) is 36.2 Å². The molecule has 2 aliphatic rings. The maximum Gasteiger partial charge on any atom is 0.233 e. The molecule has 1 unspecified atom stereocenters. The van der Waals surface area contributed by atoms with Gasteiger partial charge >= 0.3 is 0 Å². The summed E-state index contributed by atoms with van der Waals surface area (Å²) in [4.78, 5) is 15.0. The summed E-state index contributed by atoms with van der Waals surface area (Å²) in [5.41, 5.74) is 2.06. The number of hydrogen-bond acceptors (Lipinski definition) is 2. The summed E-state index contributed by atoms with van der Waals surface area (Å²) < 4.78 is 0. The molecule has 1 saturated heterocycles. The molecule has 1 aromatic carbocycles. The number of benzene rings is 1. The molecule has 2 fully saturated rings. The zero-order valence-corrected chi connectivity index (χ0v) is 12.1. The van der Waals surface area contributed by atoms with Gasteiger partial charge in [0.25, 0.3) is 0 Å². The molecule has 3 heteroatoms.